The van der Waals surface area contributed by atoms with Gasteiger partial charge in [-0.3, -0.25) is 9.69 Å². The molecule has 0 aromatic carbocycles. The van der Waals surface area contributed by atoms with Gasteiger partial charge in [-0.25, -0.2) is 4.79 Å². The SMILES string of the molecule is COC1CC(C(N)=O)N(C(=O)O)C1. The zero-order valence-electron chi connectivity index (χ0n) is 7.27. The van der Waals surface area contributed by atoms with Gasteiger partial charge in [-0.05, 0) is 0 Å². The molecule has 0 aromatic heterocycles. The van der Waals surface area contributed by atoms with Crippen LogP contribution in [-0.4, -0.2) is 47.8 Å². The Kier molecular flexibility index (Phi) is 2.72. The van der Waals surface area contributed by atoms with Gasteiger partial charge in [0.15, 0.2) is 0 Å². The summed E-state index contributed by atoms with van der Waals surface area (Å²) < 4.78 is 4.96. The Morgan fingerprint density at radius 2 is 2.23 bits per heavy atom. The highest BCUT2D eigenvalue weighted by Gasteiger charge is 2.38. The van der Waals surface area contributed by atoms with Crippen LogP contribution in [0.4, 0.5) is 4.79 Å². The van der Waals surface area contributed by atoms with Crippen LogP contribution in [0.2, 0.25) is 0 Å². The second kappa shape index (κ2) is 3.61. The lowest BCUT2D eigenvalue weighted by Gasteiger charge is -2.17. The average molecular weight is 188 g/mol. The minimum Gasteiger partial charge on any atom is -0.465 e. The van der Waals surface area contributed by atoms with Gasteiger partial charge in [-0.2, -0.15) is 0 Å². The van der Waals surface area contributed by atoms with E-state index in [4.69, 9.17) is 15.6 Å². The van der Waals surface area contributed by atoms with Gasteiger partial charge in [0.25, 0.3) is 0 Å². The van der Waals surface area contributed by atoms with Crippen molar-refractivity contribution >= 4 is 12.0 Å². The number of carbonyl (C=O) groups excluding carboxylic acids is 1. The highest BCUT2D eigenvalue weighted by atomic mass is 16.5. The summed E-state index contributed by atoms with van der Waals surface area (Å²) >= 11 is 0. The molecule has 1 aliphatic rings. The molecule has 0 aliphatic carbocycles. The van der Waals surface area contributed by atoms with Crippen molar-refractivity contribution in [1.82, 2.24) is 4.90 Å². The van der Waals surface area contributed by atoms with Gasteiger partial charge in [-0.15, -0.1) is 0 Å². The highest BCUT2D eigenvalue weighted by molar-refractivity contribution is 5.84. The first-order chi connectivity index (χ1) is 6.06. The van der Waals surface area contributed by atoms with Crippen LogP contribution >= 0.6 is 0 Å². The van der Waals surface area contributed by atoms with Crippen molar-refractivity contribution in [3.05, 3.63) is 0 Å². The lowest BCUT2D eigenvalue weighted by atomic mass is 10.2. The van der Waals surface area contributed by atoms with E-state index in [0.717, 1.165) is 4.90 Å². The number of methoxy groups -OCH3 is 1. The smallest absolute Gasteiger partial charge is 0.408 e. The first kappa shape index (κ1) is 9.79. The molecule has 1 aliphatic heterocycles. The summed E-state index contributed by atoms with van der Waals surface area (Å²) in [6.45, 7) is 0.208. The fourth-order valence-electron chi connectivity index (χ4n) is 1.45. The molecule has 0 spiro atoms. The molecule has 0 saturated carbocycles. The number of carboxylic acid groups (broad SMARTS) is 1. The van der Waals surface area contributed by atoms with E-state index >= 15 is 0 Å². The van der Waals surface area contributed by atoms with Crippen LogP contribution < -0.4 is 5.73 Å². The highest BCUT2D eigenvalue weighted by Crippen LogP contribution is 2.19. The van der Waals surface area contributed by atoms with Crippen molar-refractivity contribution in [2.75, 3.05) is 13.7 Å². The molecule has 0 bridgehead atoms. The topological polar surface area (TPSA) is 92.9 Å². The lowest BCUT2D eigenvalue weighted by molar-refractivity contribution is -0.121. The quantitative estimate of drug-likeness (QED) is 0.595. The maximum Gasteiger partial charge on any atom is 0.408 e. The van der Waals surface area contributed by atoms with Gasteiger partial charge in [0.2, 0.25) is 5.91 Å². The molecular formula is C7H12N2O4. The summed E-state index contributed by atoms with van der Waals surface area (Å²) in [5.74, 6) is -0.623. The fourth-order valence-corrected chi connectivity index (χ4v) is 1.45. The normalized spacial score (nSPS) is 27.6. The van der Waals surface area contributed by atoms with Crippen molar-refractivity contribution in [1.29, 1.82) is 0 Å². The monoisotopic (exact) mass is 188 g/mol. The lowest BCUT2D eigenvalue weighted by Crippen LogP contribution is -2.43. The van der Waals surface area contributed by atoms with Crippen LogP contribution in [0.1, 0.15) is 6.42 Å². The van der Waals surface area contributed by atoms with E-state index in [1.54, 1.807) is 0 Å². The maximum absolute atomic E-state index is 10.8. The predicted octanol–water partition coefficient (Wildman–Crippen LogP) is -0.761. The summed E-state index contributed by atoms with van der Waals surface area (Å²) in [5, 5.41) is 8.71. The average Bonchev–Trinajstić information content (AvgIpc) is 2.47. The molecule has 1 fully saturated rings. The molecule has 74 valence electrons. The molecule has 6 heteroatoms. The van der Waals surface area contributed by atoms with Crippen LogP contribution in [0, 0.1) is 0 Å². The predicted molar refractivity (Wildman–Crippen MR) is 43.1 cm³/mol. The van der Waals surface area contributed by atoms with E-state index in [-0.39, 0.29) is 12.6 Å². The number of carbonyl (C=O) groups is 2. The Bertz CT molecular complexity index is 209. The zero-order chi connectivity index (χ0) is 10.0. The Labute approximate surface area is 75.3 Å². The van der Waals surface area contributed by atoms with Crippen molar-refractivity contribution in [3.8, 4) is 0 Å². The Hall–Kier alpha value is -1.30. The van der Waals surface area contributed by atoms with Crippen LogP contribution in [0.5, 0.6) is 0 Å². The van der Waals surface area contributed by atoms with Crippen LogP contribution in [-0.2, 0) is 9.53 Å². The summed E-state index contributed by atoms with van der Waals surface area (Å²) in [6, 6.07) is -0.748. The number of hydrogen-bond donors (Lipinski definition) is 2. The second-order valence-electron chi connectivity index (χ2n) is 2.95. The minimum atomic E-state index is -1.14. The number of likely N-dealkylation sites (tertiary alicyclic amines) is 1. The van der Waals surface area contributed by atoms with E-state index in [9.17, 15) is 9.59 Å². The summed E-state index contributed by atoms with van der Waals surface area (Å²) in [5.41, 5.74) is 5.04. The third kappa shape index (κ3) is 1.89. The number of primary amides is 1. The molecule has 6 nitrogen and oxygen atoms in total. The molecule has 1 rings (SSSR count). The van der Waals surface area contributed by atoms with Crippen LogP contribution in [0.3, 0.4) is 0 Å². The van der Waals surface area contributed by atoms with E-state index in [1.807, 2.05) is 0 Å². The number of nitrogens with two attached hydrogens (primary N) is 1. The molecule has 1 heterocycles. The zero-order valence-corrected chi connectivity index (χ0v) is 7.27. The van der Waals surface area contributed by atoms with Crippen molar-refractivity contribution < 1.29 is 19.4 Å². The third-order valence-electron chi connectivity index (χ3n) is 2.17. The number of amides is 2. The maximum atomic E-state index is 10.8. The first-order valence-electron chi connectivity index (χ1n) is 3.88. The fraction of sp³-hybridized carbons (Fsp3) is 0.714. The number of rotatable bonds is 2. The molecule has 1 saturated heterocycles. The Morgan fingerprint density at radius 3 is 2.54 bits per heavy atom. The summed E-state index contributed by atoms with van der Waals surface area (Å²) in [4.78, 5) is 22.5. The van der Waals surface area contributed by atoms with Gasteiger partial charge in [-0.1, -0.05) is 0 Å². The van der Waals surface area contributed by atoms with Crippen molar-refractivity contribution in [2.24, 2.45) is 5.73 Å². The molecule has 2 atom stereocenters. The third-order valence-corrected chi connectivity index (χ3v) is 2.17. The summed E-state index contributed by atoms with van der Waals surface area (Å²) in [6.07, 6.45) is -1.02. The van der Waals surface area contributed by atoms with E-state index in [1.165, 1.54) is 7.11 Å². The molecule has 13 heavy (non-hydrogen) atoms. The van der Waals surface area contributed by atoms with Gasteiger partial charge in [0.05, 0.1) is 12.6 Å². The number of hydrogen-bond acceptors (Lipinski definition) is 3. The van der Waals surface area contributed by atoms with E-state index in [2.05, 4.69) is 0 Å². The van der Waals surface area contributed by atoms with Gasteiger partial charge in [0.1, 0.15) is 6.04 Å². The molecule has 3 N–H and O–H groups in total. The molecule has 2 amide bonds. The second-order valence-corrected chi connectivity index (χ2v) is 2.95. The van der Waals surface area contributed by atoms with Crippen LogP contribution in [0.25, 0.3) is 0 Å². The number of ether oxygens (including phenoxy) is 1. The van der Waals surface area contributed by atoms with Crippen molar-refractivity contribution in [2.45, 2.75) is 18.6 Å². The standard InChI is InChI=1S/C7H12N2O4/c1-13-4-2-5(6(8)10)9(3-4)7(11)12/h4-5H,2-3H2,1H3,(H2,8,10)(H,11,12). The molecule has 0 aromatic rings. The molecule has 2 unspecified atom stereocenters. The van der Waals surface area contributed by atoms with E-state index < -0.39 is 18.0 Å². The van der Waals surface area contributed by atoms with Crippen molar-refractivity contribution in [3.63, 3.8) is 0 Å². The van der Waals surface area contributed by atoms with Gasteiger partial charge < -0.3 is 15.6 Å². The largest absolute Gasteiger partial charge is 0.465 e. The number of nitrogens with zero attached hydrogens (tertiary/aromatic N) is 1. The summed E-state index contributed by atoms with van der Waals surface area (Å²) in [7, 11) is 1.48. The van der Waals surface area contributed by atoms with Crippen LogP contribution in [0.15, 0.2) is 0 Å². The Morgan fingerprint density at radius 1 is 1.62 bits per heavy atom. The molecule has 0 radical (unpaired) electrons. The molecular weight excluding hydrogens is 176 g/mol. The minimum absolute atomic E-state index is 0.208. The van der Waals surface area contributed by atoms with E-state index in [0.29, 0.717) is 6.42 Å². The first-order valence-corrected chi connectivity index (χ1v) is 3.88. The van der Waals surface area contributed by atoms with Gasteiger partial charge in [0, 0.05) is 13.5 Å². The van der Waals surface area contributed by atoms with Gasteiger partial charge >= 0.3 is 6.09 Å². The Balaban J connectivity index is 2.71.